The monoisotopic (exact) mass is 304 g/mol. The van der Waals surface area contributed by atoms with Crippen molar-refractivity contribution in [3.8, 4) is 0 Å². The third-order valence-electron chi connectivity index (χ3n) is 3.63. The van der Waals surface area contributed by atoms with E-state index in [2.05, 4.69) is 0 Å². The standard InChI is InChI=1S/C13H24N2O4S/c1-5-9(2)14(6-7-19-4)13(18)15-10(3)20-8-11(15)12(16)17/h9-11H,5-8H2,1-4H3,(H,16,17). The summed E-state index contributed by atoms with van der Waals surface area (Å²) in [7, 11) is 1.59. The van der Waals surface area contributed by atoms with Crippen molar-refractivity contribution >= 4 is 23.8 Å². The topological polar surface area (TPSA) is 70.1 Å². The van der Waals surface area contributed by atoms with E-state index in [1.165, 1.54) is 16.7 Å². The molecule has 0 saturated carbocycles. The van der Waals surface area contributed by atoms with Crippen molar-refractivity contribution in [2.45, 2.75) is 44.6 Å². The van der Waals surface area contributed by atoms with Crippen LogP contribution in [-0.4, -0.2) is 70.4 Å². The second kappa shape index (κ2) is 7.73. The molecule has 1 saturated heterocycles. The lowest BCUT2D eigenvalue weighted by atomic mass is 10.2. The van der Waals surface area contributed by atoms with Crippen LogP contribution >= 0.6 is 11.8 Å². The zero-order valence-corrected chi connectivity index (χ0v) is 13.4. The van der Waals surface area contributed by atoms with Gasteiger partial charge in [0.1, 0.15) is 6.04 Å². The number of hydrogen-bond acceptors (Lipinski definition) is 4. The van der Waals surface area contributed by atoms with E-state index in [9.17, 15) is 14.7 Å². The highest BCUT2D eigenvalue weighted by atomic mass is 32.2. The molecule has 1 rings (SSSR count). The SMILES string of the molecule is CCC(C)N(CCOC)C(=O)N1C(C)SCC1C(=O)O. The van der Waals surface area contributed by atoms with Gasteiger partial charge in [-0.15, -0.1) is 11.8 Å². The Balaban J connectivity index is 2.88. The molecule has 116 valence electrons. The lowest BCUT2D eigenvalue weighted by molar-refractivity contribution is -0.141. The molecular formula is C13H24N2O4S. The first-order chi connectivity index (χ1) is 9.43. The number of ether oxygens (including phenoxy) is 1. The number of carbonyl (C=O) groups excluding carboxylic acids is 1. The maximum atomic E-state index is 12.7. The highest BCUT2D eigenvalue weighted by Gasteiger charge is 2.41. The maximum Gasteiger partial charge on any atom is 0.327 e. The first kappa shape index (κ1) is 17.1. The summed E-state index contributed by atoms with van der Waals surface area (Å²) in [6, 6.07) is -0.886. The number of rotatable bonds is 6. The van der Waals surface area contributed by atoms with Gasteiger partial charge in [0.15, 0.2) is 0 Å². The summed E-state index contributed by atoms with van der Waals surface area (Å²) < 4.78 is 5.05. The van der Waals surface area contributed by atoms with Gasteiger partial charge in [0, 0.05) is 25.4 Å². The summed E-state index contributed by atoms with van der Waals surface area (Å²) in [4.78, 5) is 27.2. The molecule has 0 bridgehead atoms. The molecule has 0 aromatic heterocycles. The molecule has 1 fully saturated rings. The van der Waals surface area contributed by atoms with Crippen molar-refractivity contribution < 1.29 is 19.4 Å². The van der Waals surface area contributed by atoms with Gasteiger partial charge in [0.2, 0.25) is 0 Å². The van der Waals surface area contributed by atoms with Gasteiger partial charge in [-0.05, 0) is 20.3 Å². The highest BCUT2D eigenvalue weighted by Crippen LogP contribution is 2.30. The summed E-state index contributed by atoms with van der Waals surface area (Å²) in [5.74, 6) is -0.494. The predicted molar refractivity (Wildman–Crippen MR) is 78.9 cm³/mol. The van der Waals surface area contributed by atoms with Crippen LogP contribution in [0.2, 0.25) is 0 Å². The number of aliphatic carboxylic acids is 1. The first-order valence-electron chi connectivity index (χ1n) is 6.86. The van der Waals surface area contributed by atoms with Crippen molar-refractivity contribution in [3.63, 3.8) is 0 Å². The summed E-state index contributed by atoms with van der Waals surface area (Å²) in [5, 5.41) is 9.14. The number of carbonyl (C=O) groups is 2. The van der Waals surface area contributed by atoms with Gasteiger partial charge in [-0.2, -0.15) is 0 Å². The van der Waals surface area contributed by atoms with E-state index in [4.69, 9.17) is 4.74 Å². The minimum atomic E-state index is -0.939. The van der Waals surface area contributed by atoms with Gasteiger partial charge in [0.25, 0.3) is 0 Å². The Morgan fingerprint density at radius 2 is 2.20 bits per heavy atom. The summed E-state index contributed by atoms with van der Waals surface area (Å²) >= 11 is 1.50. The zero-order valence-electron chi connectivity index (χ0n) is 12.5. The largest absolute Gasteiger partial charge is 0.480 e. The Labute approximate surface area is 124 Å². The Morgan fingerprint density at radius 1 is 1.55 bits per heavy atom. The van der Waals surface area contributed by atoms with E-state index in [0.29, 0.717) is 18.9 Å². The molecule has 0 radical (unpaired) electrons. The Morgan fingerprint density at radius 3 is 2.70 bits per heavy atom. The molecule has 3 atom stereocenters. The molecule has 1 aliphatic heterocycles. The Bertz CT molecular complexity index is 353. The van der Waals surface area contributed by atoms with Crippen LogP contribution in [0.5, 0.6) is 0 Å². The van der Waals surface area contributed by atoms with Crippen molar-refractivity contribution in [2.75, 3.05) is 26.0 Å². The van der Waals surface area contributed by atoms with E-state index >= 15 is 0 Å². The number of carboxylic acids is 1. The fourth-order valence-electron chi connectivity index (χ4n) is 2.19. The lowest BCUT2D eigenvalue weighted by Gasteiger charge is -2.35. The van der Waals surface area contributed by atoms with Crippen molar-refractivity contribution in [2.24, 2.45) is 0 Å². The third-order valence-corrected chi connectivity index (χ3v) is 4.85. The van der Waals surface area contributed by atoms with Crippen molar-refractivity contribution in [1.29, 1.82) is 0 Å². The first-order valence-corrected chi connectivity index (χ1v) is 7.91. The number of thioether (sulfide) groups is 1. The van der Waals surface area contributed by atoms with E-state index < -0.39 is 12.0 Å². The minimum Gasteiger partial charge on any atom is -0.480 e. The maximum absolute atomic E-state index is 12.7. The number of methoxy groups -OCH3 is 1. The van der Waals surface area contributed by atoms with Gasteiger partial charge < -0.3 is 14.7 Å². The second-order valence-electron chi connectivity index (χ2n) is 4.92. The second-order valence-corrected chi connectivity index (χ2v) is 6.27. The van der Waals surface area contributed by atoms with Crippen LogP contribution in [0.3, 0.4) is 0 Å². The predicted octanol–water partition coefficient (Wildman–Crippen LogP) is 1.70. The number of urea groups is 1. The molecule has 0 spiro atoms. The average molecular weight is 304 g/mol. The van der Waals surface area contributed by atoms with Gasteiger partial charge in [0.05, 0.1) is 12.0 Å². The molecule has 3 unspecified atom stereocenters. The zero-order chi connectivity index (χ0) is 15.3. The minimum absolute atomic E-state index is 0.0601. The van der Waals surface area contributed by atoms with Crippen LogP contribution in [0.25, 0.3) is 0 Å². The van der Waals surface area contributed by atoms with Crippen LogP contribution in [0.15, 0.2) is 0 Å². The van der Waals surface area contributed by atoms with Gasteiger partial charge in [-0.1, -0.05) is 6.92 Å². The molecule has 7 heteroatoms. The van der Waals surface area contributed by atoms with Gasteiger partial charge in [-0.3, -0.25) is 4.90 Å². The summed E-state index contributed by atoms with van der Waals surface area (Å²) in [5.41, 5.74) is 0. The fourth-order valence-corrected chi connectivity index (χ4v) is 3.35. The van der Waals surface area contributed by atoms with Crippen LogP contribution in [0.4, 0.5) is 4.79 Å². The lowest BCUT2D eigenvalue weighted by Crippen LogP contribution is -2.54. The van der Waals surface area contributed by atoms with Crippen molar-refractivity contribution in [1.82, 2.24) is 9.80 Å². The number of carboxylic acid groups (broad SMARTS) is 1. The molecule has 2 amide bonds. The molecule has 6 nitrogen and oxygen atoms in total. The van der Waals surface area contributed by atoms with Crippen LogP contribution in [0.1, 0.15) is 27.2 Å². The van der Waals surface area contributed by atoms with Crippen molar-refractivity contribution in [3.05, 3.63) is 0 Å². The summed E-state index contributed by atoms with van der Waals surface area (Å²) in [6.45, 7) is 6.77. The van der Waals surface area contributed by atoms with Gasteiger partial charge >= 0.3 is 12.0 Å². The van der Waals surface area contributed by atoms with Gasteiger partial charge in [-0.25, -0.2) is 9.59 Å². The third kappa shape index (κ3) is 3.79. The number of amides is 2. The van der Waals surface area contributed by atoms with Crippen LogP contribution < -0.4 is 0 Å². The highest BCUT2D eigenvalue weighted by molar-refractivity contribution is 8.00. The molecule has 20 heavy (non-hydrogen) atoms. The molecule has 1 heterocycles. The Hall–Kier alpha value is -0.950. The molecule has 1 aliphatic rings. The molecule has 1 N–H and O–H groups in total. The number of hydrogen-bond donors (Lipinski definition) is 1. The van der Waals surface area contributed by atoms with Crippen LogP contribution in [-0.2, 0) is 9.53 Å². The normalized spacial score (nSPS) is 23.7. The van der Waals surface area contributed by atoms with E-state index in [-0.39, 0.29) is 17.4 Å². The smallest absolute Gasteiger partial charge is 0.327 e. The Kier molecular flexibility index (Phi) is 6.61. The molecule has 0 aliphatic carbocycles. The van der Waals surface area contributed by atoms with E-state index in [1.807, 2.05) is 20.8 Å². The average Bonchev–Trinajstić information content (AvgIpc) is 2.80. The van der Waals surface area contributed by atoms with E-state index in [1.54, 1.807) is 12.0 Å². The molecular weight excluding hydrogens is 280 g/mol. The number of nitrogens with zero attached hydrogens (tertiary/aromatic N) is 2. The summed E-state index contributed by atoms with van der Waals surface area (Å²) in [6.07, 6.45) is 0.822. The van der Waals surface area contributed by atoms with Crippen LogP contribution in [0, 0.1) is 0 Å². The molecule has 0 aromatic rings. The fraction of sp³-hybridized carbons (Fsp3) is 0.846. The quantitative estimate of drug-likeness (QED) is 0.809. The van der Waals surface area contributed by atoms with E-state index in [0.717, 1.165) is 6.42 Å². The molecule has 0 aromatic carbocycles.